The number of nitrogens with zero attached hydrogens (tertiary/aromatic N) is 1. The van der Waals surface area contributed by atoms with Gasteiger partial charge in [0.1, 0.15) is 0 Å². The number of hydrogen-bond acceptors (Lipinski definition) is 4. The third-order valence-corrected chi connectivity index (χ3v) is 9.41. The summed E-state index contributed by atoms with van der Waals surface area (Å²) < 4.78 is 51.8. The zero-order valence-corrected chi connectivity index (χ0v) is 17.9. The minimum atomic E-state index is -3.71. The van der Waals surface area contributed by atoms with Crippen molar-refractivity contribution in [2.45, 2.75) is 69.2 Å². The molecular weight excluding hydrogens is 382 g/mol. The van der Waals surface area contributed by atoms with Gasteiger partial charge in [-0.15, -0.1) is 0 Å². The summed E-state index contributed by atoms with van der Waals surface area (Å²) in [5.41, 5.74) is 1.22. The molecular formula is C20H31NO4S2. The zero-order chi connectivity index (χ0) is 19.7. The fraction of sp³-hybridized carbons (Fsp3) is 0.700. The van der Waals surface area contributed by atoms with Gasteiger partial charge in [-0.05, 0) is 48.8 Å². The summed E-state index contributed by atoms with van der Waals surface area (Å²) in [5, 5.41) is 0. The molecule has 1 aromatic rings. The molecule has 0 bridgehead atoms. The Morgan fingerprint density at radius 2 is 1.67 bits per heavy atom. The van der Waals surface area contributed by atoms with Crippen LogP contribution < -0.4 is 0 Å². The van der Waals surface area contributed by atoms with E-state index in [1.165, 1.54) is 42.0 Å². The average Bonchev–Trinajstić information content (AvgIpc) is 3.00. The van der Waals surface area contributed by atoms with Gasteiger partial charge in [0.2, 0.25) is 10.0 Å². The highest BCUT2D eigenvalue weighted by molar-refractivity contribution is 7.92. The van der Waals surface area contributed by atoms with Gasteiger partial charge in [0.15, 0.2) is 9.84 Å². The average molecular weight is 414 g/mol. The van der Waals surface area contributed by atoms with Crippen LogP contribution in [0.15, 0.2) is 29.2 Å². The molecule has 0 amide bonds. The molecule has 2 aliphatic rings. The molecule has 0 spiro atoms. The minimum Gasteiger partial charge on any atom is -0.229 e. The molecule has 2 fully saturated rings. The van der Waals surface area contributed by atoms with Crippen LogP contribution in [0.1, 0.15) is 63.9 Å². The number of hydrogen-bond donors (Lipinski definition) is 0. The summed E-state index contributed by atoms with van der Waals surface area (Å²) in [4.78, 5) is 0.270. The van der Waals surface area contributed by atoms with Gasteiger partial charge in [0.25, 0.3) is 0 Å². The van der Waals surface area contributed by atoms with Gasteiger partial charge in [0, 0.05) is 12.6 Å². The smallest absolute Gasteiger partial charge is 0.229 e. The van der Waals surface area contributed by atoms with E-state index in [-0.39, 0.29) is 22.3 Å². The second-order valence-electron chi connectivity index (χ2n) is 8.43. The van der Waals surface area contributed by atoms with E-state index in [2.05, 4.69) is 0 Å². The van der Waals surface area contributed by atoms with Gasteiger partial charge in [-0.2, -0.15) is 4.31 Å². The molecule has 1 heterocycles. The molecule has 27 heavy (non-hydrogen) atoms. The third-order valence-electron chi connectivity index (χ3n) is 5.72. The zero-order valence-electron chi connectivity index (χ0n) is 16.3. The van der Waals surface area contributed by atoms with Gasteiger partial charge < -0.3 is 0 Å². The van der Waals surface area contributed by atoms with Crippen molar-refractivity contribution >= 4 is 19.9 Å². The molecule has 1 saturated carbocycles. The lowest BCUT2D eigenvalue weighted by molar-refractivity contribution is 0.308. The quantitative estimate of drug-likeness (QED) is 0.715. The van der Waals surface area contributed by atoms with E-state index >= 15 is 0 Å². The number of benzene rings is 1. The first-order chi connectivity index (χ1) is 12.7. The number of rotatable bonds is 6. The Balaban J connectivity index is 1.85. The molecule has 5 nitrogen and oxygen atoms in total. The van der Waals surface area contributed by atoms with Crippen LogP contribution in [0.2, 0.25) is 0 Å². The lowest BCUT2D eigenvalue weighted by Crippen LogP contribution is -2.43. The highest BCUT2D eigenvalue weighted by Gasteiger charge is 2.39. The Hall–Kier alpha value is -0.920. The Kier molecular flexibility index (Phi) is 6.33. The summed E-state index contributed by atoms with van der Waals surface area (Å²) >= 11 is 0. The molecule has 0 radical (unpaired) electrons. The van der Waals surface area contributed by atoms with Gasteiger partial charge >= 0.3 is 0 Å². The van der Waals surface area contributed by atoms with Crippen LogP contribution in [0, 0.1) is 5.92 Å². The summed E-state index contributed by atoms with van der Waals surface area (Å²) in [6.07, 6.45) is 6.49. The predicted molar refractivity (Wildman–Crippen MR) is 108 cm³/mol. The van der Waals surface area contributed by atoms with Crippen LogP contribution in [0.3, 0.4) is 0 Å². The Labute approximate surface area is 164 Å². The van der Waals surface area contributed by atoms with E-state index in [9.17, 15) is 16.8 Å². The monoisotopic (exact) mass is 413 g/mol. The summed E-state index contributed by atoms with van der Waals surface area (Å²) in [7, 11) is -6.85. The molecule has 152 valence electrons. The van der Waals surface area contributed by atoms with Crippen LogP contribution >= 0.6 is 0 Å². The first-order valence-electron chi connectivity index (χ1n) is 10.0. The van der Waals surface area contributed by atoms with Gasteiger partial charge in [-0.25, -0.2) is 16.8 Å². The molecule has 0 aromatic heterocycles. The van der Waals surface area contributed by atoms with Crippen molar-refractivity contribution in [3.8, 4) is 0 Å². The van der Waals surface area contributed by atoms with E-state index in [4.69, 9.17) is 0 Å². The summed E-state index contributed by atoms with van der Waals surface area (Å²) in [6.45, 7) is 4.25. The Bertz CT molecular complexity index is 838. The Morgan fingerprint density at radius 3 is 2.19 bits per heavy atom. The molecule has 1 aliphatic carbocycles. The van der Waals surface area contributed by atoms with E-state index in [1.807, 2.05) is 26.0 Å². The van der Waals surface area contributed by atoms with Crippen molar-refractivity contribution in [1.82, 2.24) is 4.31 Å². The third kappa shape index (κ3) is 4.93. The van der Waals surface area contributed by atoms with Crippen LogP contribution in [0.5, 0.6) is 0 Å². The number of sulfone groups is 1. The number of sulfonamides is 1. The van der Waals surface area contributed by atoms with E-state index in [1.54, 1.807) is 12.1 Å². The fourth-order valence-electron chi connectivity index (χ4n) is 4.29. The van der Waals surface area contributed by atoms with Crippen molar-refractivity contribution in [1.29, 1.82) is 0 Å². The highest BCUT2D eigenvalue weighted by Crippen LogP contribution is 2.33. The highest BCUT2D eigenvalue weighted by atomic mass is 32.2. The molecule has 1 unspecified atom stereocenters. The van der Waals surface area contributed by atoms with Crippen LogP contribution in [-0.4, -0.2) is 45.2 Å². The topological polar surface area (TPSA) is 71.5 Å². The van der Waals surface area contributed by atoms with E-state index < -0.39 is 25.9 Å². The largest absolute Gasteiger partial charge is 0.243 e. The minimum absolute atomic E-state index is 0.0703. The molecule has 1 aliphatic heterocycles. The molecule has 3 rings (SSSR count). The standard InChI is InChI=1S/C20H31NO4S2/c1-16(2)14-21(19-12-13-26(22,23)15-19)27(24,25)20-10-8-18(9-11-20)17-6-4-3-5-7-17/h8-11,16-17,19H,3-7,12-15H2,1-2H3. The van der Waals surface area contributed by atoms with Gasteiger partial charge in [-0.3, -0.25) is 0 Å². The maximum Gasteiger partial charge on any atom is 0.243 e. The van der Waals surface area contributed by atoms with Crippen molar-refractivity contribution in [2.24, 2.45) is 5.92 Å². The van der Waals surface area contributed by atoms with Crippen LogP contribution in [0.4, 0.5) is 0 Å². The van der Waals surface area contributed by atoms with Crippen molar-refractivity contribution in [3.05, 3.63) is 29.8 Å². The first-order valence-corrected chi connectivity index (χ1v) is 13.3. The summed E-state index contributed by atoms with van der Waals surface area (Å²) in [5.74, 6) is 0.661. The second-order valence-corrected chi connectivity index (χ2v) is 12.5. The predicted octanol–water partition coefficient (Wildman–Crippen LogP) is 3.57. The fourth-order valence-corrected chi connectivity index (χ4v) is 7.93. The SMILES string of the molecule is CC(C)CN(C1CCS(=O)(=O)C1)S(=O)(=O)c1ccc(C2CCCCC2)cc1. The maximum atomic E-state index is 13.3. The van der Waals surface area contributed by atoms with Crippen LogP contribution in [0.25, 0.3) is 0 Å². The second kappa shape index (κ2) is 8.21. The van der Waals surface area contributed by atoms with Gasteiger partial charge in [0.05, 0.1) is 16.4 Å². The Morgan fingerprint density at radius 1 is 1.04 bits per heavy atom. The molecule has 1 atom stereocenters. The molecule has 0 N–H and O–H groups in total. The first kappa shape index (κ1) is 20.8. The van der Waals surface area contributed by atoms with Crippen molar-refractivity contribution in [3.63, 3.8) is 0 Å². The van der Waals surface area contributed by atoms with E-state index in [0.717, 1.165) is 0 Å². The van der Waals surface area contributed by atoms with Crippen molar-refractivity contribution in [2.75, 3.05) is 18.1 Å². The maximum absolute atomic E-state index is 13.3. The summed E-state index contributed by atoms with van der Waals surface area (Å²) in [6, 6.07) is 6.84. The molecule has 7 heteroatoms. The van der Waals surface area contributed by atoms with Crippen molar-refractivity contribution < 1.29 is 16.8 Å². The van der Waals surface area contributed by atoms with E-state index in [0.29, 0.717) is 18.9 Å². The molecule has 1 saturated heterocycles. The normalized spacial score (nSPS) is 23.9. The lowest BCUT2D eigenvalue weighted by atomic mass is 9.84. The van der Waals surface area contributed by atoms with Gasteiger partial charge in [-0.1, -0.05) is 45.2 Å². The lowest BCUT2D eigenvalue weighted by Gasteiger charge is -2.29. The van der Waals surface area contributed by atoms with Crippen LogP contribution in [-0.2, 0) is 19.9 Å². The molecule has 1 aromatic carbocycles.